The predicted octanol–water partition coefficient (Wildman–Crippen LogP) is 2.76. The van der Waals surface area contributed by atoms with Gasteiger partial charge in [0.15, 0.2) is 0 Å². The van der Waals surface area contributed by atoms with Gasteiger partial charge in [-0.3, -0.25) is 9.59 Å². The van der Waals surface area contributed by atoms with E-state index in [0.717, 1.165) is 33.9 Å². The second kappa shape index (κ2) is 6.50. The van der Waals surface area contributed by atoms with Crippen LogP contribution < -0.4 is 10.6 Å². The molecule has 0 saturated heterocycles. The molecule has 2 aromatic rings. The van der Waals surface area contributed by atoms with Gasteiger partial charge in [-0.15, -0.1) is 11.3 Å². The molecule has 0 unspecified atom stereocenters. The lowest BCUT2D eigenvalue weighted by Crippen LogP contribution is -2.28. The topological polar surface area (TPSA) is 71.1 Å². The van der Waals surface area contributed by atoms with Gasteiger partial charge in [0.05, 0.1) is 23.2 Å². The molecule has 5 nitrogen and oxygen atoms in total. The SMILES string of the molecule is Cc1nc(CC(=O)N[C@H](C)c2ccc3c(c2)CCC(=O)N3)cs1. The van der Waals surface area contributed by atoms with Crippen molar-refractivity contribution in [2.75, 3.05) is 5.32 Å². The molecule has 0 fully saturated rings. The van der Waals surface area contributed by atoms with Crippen molar-refractivity contribution in [2.45, 2.75) is 39.2 Å². The summed E-state index contributed by atoms with van der Waals surface area (Å²) in [6.07, 6.45) is 1.56. The lowest BCUT2D eigenvalue weighted by molar-refractivity contribution is -0.121. The number of anilines is 1. The van der Waals surface area contributed by atoms with Gasteiger partial charge in [-0.25, -0.2) is 4.98 Å². The summed E-state index contributed by atoms with van der Waals surface area (Å²) in [6.45, 7) is 3.90. The summed E-state index contributed by atoms with van der Waals surface area (Å²) in [5.74, 6) is 0.0268. The molecule has 120 valence electrons. The molecule has 0 bridgehead atoms. The van der Waals surface area contributed by atoms with Crippen molar-refractivity contribution < 1.29 is 9.59 Å². The van der Waals surface area contributed by atoms with Gasteiger partial charge >= 0.3 is 0 Å². The van der Waals surface area contributed by atoms with Gasteiger partial charge in [0.1, 0.15) is 0 Å². The third-order valence-electron chi connectivity index (χ3n) is 3.91. The summed E-state index contributed by atoms with van der Waals surface area (Å²) >= 11 is 1.55. The second-order valence-electron chi connectivity index (χ2n) is 5.79. The minimum absolute atomic E-state index is 0.0335. The molecular weight excluding hydrogens is 310 g/mol. The maximum atomic E-state index is 12.1. The lowest BCUT2D eigenvalue weighted by atomic mass is 9.98. The Morgan fingerprint density at radius 2 is 2.26 bits per heavy atom. The van der Waals surface area contributed by atoms with E-state index >= 15 is 0 Å². The largest absolute Gasteiger partial charge is 0.349 e. The third-order valence-corrected chi connectivity index (χ3v) is 4.73. The highest BCUT2D eigenvalue weighted by molar-refractivity contribution is 7.09. The fourth-order valence-electron chi connectivity index (χ4n) is 2.70. The number of carbonyl (C=O) groups is 2. The summed E-state index contributed by atoms with van der Waals surface area (Å²) in [4.78, 5) is 27.8. The molecular formula is C17H19N3O2S. The summed E-state index contributed by atoms with van der Waals surface area (Å²) in [5.41, 5.74) is 3.85. The minimum atomic E-state index is -0.0786. The van der Waals surface area contributed by atoms with Crippen molar-refractivity contribution in [1.82, 2.24) is 10.3 Å². The Hall–Kier alpha value is -2.21. The number of amides is 2. The average molecular weight is 329 g/mol. The van der Waals surface area contributed by atoms with Crippen molar-refractivity contribution in [3.63, 3.8) is 0 Å². The predicted molar refractivity (Wildman–Crippen MR) is 90.5 cm³/mol. The smallest absolute Gasteiger partial charge is 0.226 e. The van der Waals surface area contributed by atoms with Crippen molar-refractivity contribution >= 4 is 28.8 Å². The third kappa shape index (κ3) is 3.76. The van der Waals surface area contributed by atoms with Crippen LogP contribution in [0.3, 0.4) is 0 Å². The number of hydrogen-bond acceptors (Lipinski definition) is 4. The van der Waals surface area contributed by atoms with E-state index in [0.29, 0.717) is 12.8 Å². The first-order chi connectivity index (χ1) is 11.0. The average Bonchev–Trinajstić information content (AvgIpc) is 2.91. The number of carbonyl (C=O) groups excluding carboxylic acids is 2. The summed E-state index contributed by atoms with van der Waals surface area (Å²) in [6, 6.07) is 5.84. The number of hydrogen-bond donors (Lipinski definition) is 2. The van der Waals surface area contributed by atoms with E-state index in [-0.39, 0.29) is 17.9 Å². The van der Waals surface area contributed by atoms with Crippen molar-refractivity contribution in [1.29, 1.82) is 0 Å². The molecule has 2 heterocycles. The van der Waals surface area contributed by atoms with Gasteiger partial charge in [-0.05, 0) is 37.5 Å². The molecule has 1 aliphatic rings. The maximum absolute atomic E-state index is 12.1. The van der Waals surface area contributed by atoms with E-state index in [2.05, 4.69) is 21.7 Å². The number of rotatable bonds is 4. The van der Waals surface area contributed by atoms with Crippen LogP contribution >= 0.6 is 11.3 Å². The van der Waals surface area contributed by atoms with Crippen molar-refractivity contribution in [3.05, 3.63) is 45.4 Å². The van der Waals surface area contributed by atoms with E-state index in [4.69, 9.17) is 0 Å². The first kappa shape index (κ1) is 15.7. The molecule has 1 aromatic carbocycles. The van der Waals surface area contributed by atoms with E-state index in [1.807, 2.05) is 31.4 Å². The molecule has 0 saturated carbocycles. The zero-order valence-electron chi connectivity index (χ0n) is 13.2. The number of nitrogens with zero attached hydrogens (tertiary/aromatic N) is 1. The first-order valence-electron chi connectivity index (χ1n) is 7.64. The summed E-state index contributed by atoms with van der Waals surface area (Å²) < 4.78 is 0. The van der Waals surface area contributed by atoms with Gasteiger partial charge in [0, 0.05) is 17.5 Å². The Labute approximate surface area is 139 Å². The van der Waals surface area contributed by atoms with Crippen molar-refractivity contribution in [2.24, 2.45) is 0 Å². The molecule has 0 radical (unpaired) electrons. The van der Waals surface area contributed by atoms with Crippen LogP contribution in [0.5, 0.6) is 0 Å². The number of nitrogens with one attached hydrogen (secondary N) is 2. The molecule has 6 heteroatoms. The van der Waals surface area contributed by atoms with Crippen LogP contribution in [0, 0.1) is 6.92 Å². The molecule has 1 atom stereocenters. The normalized spacial score (nSPS) is 14.8. The Bertz CT molecular complexity index is 754. The first-order valence-corrected chi connectivity index (χ1v) is 8.52. The van der Waals surface area contributed by atoms with Crippen LogP contribution in [-0.2, 0) is 22.4 Å². The van der Waals surface area contributed by atoms with Crippen LogP contribution in [0.15, 0.2) is 23.6 Å². The van der Waals surface area contributed by atoms with Gasteiger partial charge < -0.3 is 10.6 Å². The van der Waals surface area contributed by atoms with Gasteiger partial charge in [-0.1, -0.05) is 12.1 Å². The monoisotopic (exact) mass is 329 g/mol. The Morgan fingerprint density at radius 1 is 1.43 bits per heavy atom. The van der Waals surface area contributed by atoms with Crippen LogP contribution in [-0.4, -0.2) is 16.8 Å². The Morgan fingerprint density at radius 3 is 3.00 bits per heavy atom. The van der Waals surface area contributed by atoms with E-state index in [1.54, 1.807) is 11.3 Å². The minimum Gasteiger partial charge on any atom is -0.349 e. The van der Waals surface area contributed by atoms with Gasteiger partial charge in [-0.2, -0.15) is 0 Å². The quantitative estimate of drug-likeness (QED) is 0.906. The Kier molecular flexibility index (Phi) is 4.43. The Balaban J connectivity index is 1.65. The number of aromatic nitrogens is 1. The zero-order chi connectivity index (χ0) is 16.4. The van der Waals surface area contributed by atoms with Crippen LogP contribution in [0.2, 0.25) is 0 Å². The molecule has 3 rings (SSSR count). The highest BCUT2D eigenvalue weighted by Crippen LogP contribution is 2.26. The fraction of sp³-hybridized carbons (Fsp3) is 0.353. The van der Waals surface area contributed by atoms with Crippen molar-refractivity contribution in [3.8, 4) is 0 Å². The summed E-state index contributed by atoms with van der Waals surface area (Å²) in [7, 11) is 0. The molecule has 2 N–H and O–H groups in total. The molecule has 23 heavy (non-hydrogen) atoms. The van der Waals surface area contributed by atoms with E-state index in [1.165, 1.54) is 0 Å². The molecule has 0 aliphatic carbocycles. The maximum Gasteiger partial charge on any atom is 0.226 e. The van der Waals surface area contributed by atoms with E-state index in [9.17, 15) is 9.59 Å². The van der Waals surface area contributed by atoms with Gasteiger partial charge in [0.2, 0.25) is 11.8 Å². The highest BCUT2D eigenvalue weighted by Gasteiger charge is 2.17. The zero-order valence-corrected chi connectivity index (χ0v) is 14.0. The van der Waals surface area contributed by atoms with E-state index < -0.39 is 0 Å². The van der Waals surface area contributed by atoms with Crippen LogP contribution in [0.1, 0.15) is 41.2 Å². The molecule has 0 spiro atoms. The number of aryl methyl sites for hydroxylation is 2. The summed E-state index contributed by atoms with van der Waals surface area (Å²) in [5, 5.41) is 8.76. The molecule has 1 aromatic heterocycles. The highest BCUT2D eigenvalue weighted by atomic mass is 32.1. The van der Waals surface area contributed by atoms with Gasteiger partial charge in [0.25, 0.3) is 0 Å². The second-order valence-corrected chi connectivity index (χ2v) is 6.85. The standard InChI is InChI=1S/C17H19N3O2S/c1-10(18-17(22)8-14-9-23-11(2)19-14)12-3-5-15-13(7-12)4-6-16(21)20-15/h3,5,7,9-10H,4,6,8H2,1-2H3,(H,18,22)(H,20,21)/t10-/m1/s1. The molecule has 2 amide bonds. The molecule has 1 aliphatic heterocycles. The van der Waals surface area contributed by atoms with Crippen LogP contribution in [0.4, 0.5) is 5.69 Å². The number of benzene rings is 1. The number of fused-ring (bicyclic) bond motifs is 1. The van der Waals surface area contributed by atoms with Crippen LogP contribution in [0.25, 0.3) is 0 Å². The number of thiazole rings is 1. The lowest BCUT2D eigenvalue weighted by Gasteiger charge is -2.20. The fourth-order valence-corrected chi connectivity index (χ4v) is 3.32.